The van der Waals surface area contributed by atoms with Crippen molar-refractivity contribution in [2.24, 2.45) is 4.99 Å². The maximum atomic E-state index is 4.32. The molecule has 0 saturated heterocycles. The molecule has 0 bridgehead atoms. The maximum absolute atomic E-state index is 4.32. The van der Waals surface area contributed by atoms with E-state index in [1.54, 1.807) is 0 Å². The number of hydrogen-bond donors (Lipinski definition) is 0. The molecule has 0 aromatic heterocycles. The Labute approximate surface area is 66.9 Å². The summed E-state index contributed by atoms with van der Waals surface area (Å²) in [5, 5.41) is 0. The molecule has 0 spiro atoms. The Bertz CT molecular complexity index is 250. The molecule has 0 amide bonds. The highest BCUT2D eigenvalue weighted by Gasteiger charge is 2.25. The summed E-state index contributed by atoms with van der Waals surface area (Å²) >= 11 is 0. The predicted octanol–water partition coefficient (Wildman–Crippen LogP) is 1.56. The van der Waals surface area contributed by atoms with Gasteiger partial charge in [-0.1, -0.05) is 11.6 Å². The smallest absolute Gasteiger partial charge is 0.0900 e. The highest BCUT2D eigenvalue weighted by molar-refractivity contribution is 5.62. The first kappa shape index (κ1) is 6.65. The minimum absolute atomic E-state index is 0.412. The van der Waals surface area contributed by atoms with Crippen molar-refractivity contribution in [2.75, 3.05) is 0 Å². The molecule has 0 aromatic carbocycles. The number of allylic oxidation sites excluding steroid dienone is 2. The first-order valence-corrected chi connectivity index (χ1v) is 3.95. The second kappa shape index (κ2) is 2.22. The molecule has 0 saturated carbocycles. The topological polar surface area (TPSA) is 15.6 Å². The minimum Gasteiger partial charge on any atom is -0.330 e. The summed E-state index contributed by atoms with van der Waals surface area (Å²) in [7, 11) is 0. The van der Waals surface area contributed by atoms with Gasteiger partial charge in [0.25, 0.3) is 0 Å². The molecule has 0 fully saturated rings. The molecule has 0 aromatic rings. The third-order valence-electron chi connectivity index (χ3n) is 2.22. The van der Waals surface area contributed by atoms with Gasteiger partial charge in [0.1, 0.15) is 0 Å². The fourth-order valence-electron chi connectivity index (χ4n) is 1.49. The van der Waals surface area contributed by atoms with Crippen molar-refractivity contribution in [3.8, 4) is 0 Å². The van der Waals surface area contributed by atoms with Crippen LogP contribution < -0.4 is 0 Å². The molecular formula is C9H12N2. The number of fused-ring (bicyclic) bond motifs is 1. The number of aliphatic imine (C=N–C) groups is 1. The lowest BCUT2D eigenvalue weighted by Crippen LogP contribution is -2.31. The Morgan fingerprint density at radius 2 is 2.36 bits per heavy atom. The molecule has 0 radical (unpaired) electrons. The Morgan fingerprint density at radius 3 is 3.18 bits per heavy atom. The van der Waals surface area contributed by atoms with E-state index in [4.69, 9.17) is 0 Å². The third-order valence-corrected chi connectivity index (χ3v) is 2.22. The maximum Gasteiger partial charge on any atom is 0.0900 e. The summed E-state index contributed by atoms with van der Waals surface area (Å²) in [6.45, 7) is 4.27. The van der Waals surface area contributed by atoms with E-state index in [1.807, 2.05) is 6.34 Å². The van der Waals surface area contributed by atoms with Gasteiger partial charge in [0, 0.05) is 6.20 Å². The quantitative estimate of drug-likeness (QED) is 0.509. The molecule has 2 unspecified atom stereocenters. The largest absolute Gasteiger partial charge is 0.330 e. The van der Waals surface area contributed by atoms with Crippen LogP contribution in [0.3, 0.4) is 0 Å². The van der Waals surface area contributed by atoms with Crippen LogP contribution in [-0.2, 0) is 0 Å². The number of rotatable bonds is 0. The lowest BCUT2D eigenvalue weighted by atomic mass is 10.0. The second-order valence-corrected chi connectivity index (χ2v) is 3.17. The van der Waals surface area contributed by atoms with E-state index in [0.29, 0.717) is 12.1 Å². The standard InChI is InChI=1S/C9H12N2/c1-7-3-4-11-6-10-8(2)9(11)5-7/h3-6,8-9H,1-2H3. The first-order valence-electron chi connectivity index (χ1n) is 3.95. The van der Waals surface area contributed by atoms with Crippen molar-refractivity contribution in [1.82, 2.24) is 4.90 Å². The van der Waals surface area contributed by atoms with Gasteiger partial charge in [0.15, 0.2) is 0 Å². The van der Waals surface area contributed by atoms with Crippen molar-refractivity contribution in [3.63, 3.8) is 0 Å². The van der Waals surface area contributed by atoms with Crippen molar-refractivity contribution in [1.29, 1.82) is 0 Å². The van der Waals surface area contributed by atoms with Crippen LogP contribution in [0.2, 0.25) is 0 Å². The summed E-state index contributed by atoms with van der Waals surface area (Å²) in [5.74, 6) is 0. The molecule has 2 heterocycles. The number of nitrogens with zero attached hydrogens (tertiary/aromatic N) is 2. The van der Waals surface area contributed by atoms with Gasteiger partial charge in [0.2, 0.25) is 0 Å². The van der Waals surface area contributed by atoms with Gasteiger partial charge in [-0.3, -0.25) is 4.99 Å². The molecule has 2 atom stereocenters. The van der Waals surface area contributed by atoms with Crippen LogP contribution in [0, 0.1) is 0 Å². The third kappa shape index (κ3) is 0.985. The molecule has 11 heavy (non-hydrogen) atoms. The molecule has 2 rings (SSSR count). The van der Waals surface area contributed by atoms with Crippen LogP contribution in [0.1, 0.15) is 13.8 Å². The van der Waals surface area contributed by atoms with Crippen molar-refractivity contribution in [2.45, 2.75) is 25.9 Å². The van der Waals surface area contributed by atoms with E-state index in [9.17, 15) is 0 Å². The zero-order valence-electron chi connectivity index (χ0n) is 6.86. The van der Waals surface area contributed by atoms with E-state index in [2.05, 4.69) is 42.1 Å². The average molecular weight is 148 g/mol. The summed E-state index contributed by atoms with van der Waals surface area (Å²) < 4.78 is 0. The van der Waals surface area contributed by atoms with Crippen LogP contribution in [0.15, 0.2) is 28.9 Å². The first-order chi connectivity index (χ1) is 5.27. The molecule has 0 aliphatic carbocycles. The molecule has 2 nitrogen and oxygen atoms in total. The van der Waals surface area contributed by atoms with Crippen molar-refractivity contribution < 1.29 is 0 Å². The normalized spacial score (nSPS) is 34.0. The Kier molecular flexibility index (Phi) is 1.34. The van der Waals surface area contributed by atoms with E-state index in [1.165, 1.54) is 5.57 Å². The zero-order chi connectivity index (χ0) is 7.84. The summed E-state index contributed by atoms with van der Waals surface area (Å²) in [6.07, 6.45) is 8.38. The Balaban J connectivity index is 2.27. The fourth-order valence-corrected chi connectivity index (χ4v) is 1.49. The van der Waals surface area contributed by atoms with E-state index < -0.39 is 0 Å². The van der Waals surface area contributed by atoms with Crippen LogP contribution in [0.5, 0.6) is 0 Å². The summed E-state index contributed by atoms with van der Waals surface area (Å²) in [5.41, 5.74) is 1.34. The Morgan fingerprint density at radius 1 is 1.55 bits per heavy atom. The van der Waals surface area contributed by atoms with Crippen LogP contribution in [0.25, 0.3) is 0 Å². The Hall–Kier alpha value is -1.05. The molecule has 2 heteroatoms. The van der Waals surface area contributed by atoms with Gasteiger partial charge in [-0.25, -0.2) is 0 Å². The molecule has 2 aliphatic rings. The van der Waals surface area contributed by atoms with Crippen LogP contribution in [0.4, 0.5) is 0 Å². The van der Waals surface area contributed by atoms with E-state index in [0.717, 1.165) is 0 Å². The molecule has 0 N–H and O–H groups in total. The van der Waals surface area contributed by atoms with Gasteiger partial charge < -0.3 is 4.90 Å². The zero-order valence-corrected chi connectivity index (χ0v) is 6.86. The van der Waals surface area contributed by atoms with Crippen LogP contribution >= 0.6 is 0 Å². The highest BCUT2D eigenvalue weighted by atomic mass is 15.2. The van der Waals surface area contributed by atoms with Gasteiger partial charge in [-0.2, -0.15) is 0 Å². The second-order valence-electron chi connectivity index (χ2n) is 3.17. The van der Waals surface area contributed by atoms with Gasteiger partial charge in [-0.15, -0.1) is 0 Å². The summed E-state index contributed by atoms with van der Waals surface area (Å²) in [6, 6.07) is 0.884. The highest BCUT2D eigenvalue weighted by Crippen LogP contribution is 2.20. The van der Waals surface area contributed by atoms with Gasteiger partial charge in [-0.05, 0) is 19.9 Å². The lowest BCUT2D eigenvalue weighted by molar-refractivity contribution is 0.459. The van der Waals surface area contributed by atoms with E-state index >= 15 is 0 Å². The average Bonchev–Trinajstić information content (AvgIpc) is 2.33. The predicted molar refractivity (Wildman–Crippen MR) is 46.5 cm³/mol. The lowest BCUT2D eigenvalue weighted by Gasteiger charge is -2.23. The monoisotopic (exact) mass is 148 g/mol. The van der Waals surface area contributed by atoms with Crippen LogP contribution in [-0.4, -0.2) is 23.3 Å². The molecule has 58 valence electrons. The SMILES string of the molecule is CC1=CC2C(C)N=CN2C=C1. The summed E-state index contributed by atoms with van der Waals surface area (Å²) in [4.78, 5) is 6.47. The number of hydrogen-bond acceptors (Lipinski definition) is 2. The molecular weight excluding hydrogens is 136 g/mol. The molecule has 2 aliphatic heterocycles. The van der Waals surface area contributed by atoms with Gasteiger partial charge in [0.05, 0.1) is 18.4 Å². The minimum atomic E-state index is 0.412. The van der Waals surface area contributed by atoms with Crippen molar-refractivity contribution in [3.05, 3.63) is 23.9 Å². The fraction of sp³-hybridized carbons (Fsp3) is 0.444. The van der Waals surface area contributed by atoms with Gasteiger partial charge >= 0.3 is 0 Å². The van der Waals surface area contributed by atoms with E-state index in [-0.39, 0.29) is 0 Å². The van der Waals surface area contributed by atoms with Crippen molar-refractivity contribution >= 4 is 6.34 Å².